The summed E-state index contributed by atoms with van der Waals surface area (Å²) in [5.41, 5.74) is -0.402. The highest BCUT2D eigenvalue weighted by atomic mass is 16.6. The van der Waals surface area contributed by atoms with E-state index in [0.29, 0.717) is 17.9 Å². The molecule has 1 saturated carbocycles. The number of carboxylic acids is 2. The Morgan fingerprint density at radius 3 is 1.90 bits per heavy atom. The Bertz CT molecular complexity index is 391. The zero-order chi connectivity index (χ0) is 16.2. The number of piperidine rings is 2. The van der Waals surface area contributed by atoms with Crippen molar-refractivity contribution in [1.29, 1.82) is 0 Å². The molecule has 0 spiro atoms. The third-order valence-electron chi connectivity index (χ3n) is 3.30. The Morgan fingerprint density at radius 2 is 1.57 bits per heavy atom. The summed E-state index contributed by atoms with van der Waals surface area (Å²) >= 11 is 0. The van der Waals surface area contributed by atoms with Crippen molar-refractivity contribution in [2.24, 2.45) is 11.8 Å². The van der Waals surface area contributed by atoms with E-state index in [1.165, 1.54) is 6.42 Å². The highest BCUT2D eigenvalue weighted by molar-refractivity contribution is 6.27. The molecular weight excluding hydrogens is 280 g/mol. The minimum atomic E-state index is -1.82. The number of fused-ring (bicyclic) bond motifs is 2. The lowest BCUT2D eigenvalue weighted by molar-refractivity contribution is -0.159. The Morgan fingerprint density at radius 1 is 1.10 bits per heavy atom. The largest absolute Gasteiger partial charge is 0.473 e. The summed E-state index contributed by atoms with van der Waals surface area (Å²) in [6.07, 6.45) is 0.970. The summed E-state index contributed by atoms with van der Waals surface area (Å²) in [5, 5.41) is 21.1. The maximum absolute atomic E-state index is 11.5. The first kappa shape index (κ1) is 17.2. The molecule has 3 aliphatic rings. The topological polar surface area (TPSA) is 125 Å². The molecule has 1 amide bonds. The number of hydrogen-bond donors (Lipinski definition) is 4. The monoisotopic (exact) mass is 302 g/mol. The van der Waals surface area contributed by atoms with Crippen LogP contribution in [0.5, 0.6) is 0 Å². The lowest BCUT2D eigenvalue weighted by Crippen LogP contribution is -2.63. The van der Waals surface area contributed by atoms with E-state index in [9.17, 15) is 4.79 Å². The number of carboxylic acid groups (broad SMARTS) is 2. The van der Waals surface area contributed by atoms with Gasteiger partial charge in [0.1, 0.15) is 5.60 Å². The predicted molar refractivity (Wildman–Crippen MR) is 72.9 cm³/mol. The zero-order valence-corrected chi connectivity index (χ0v) is 12.4. The van der Waals surface area contributed by atoms with Crippen LogP contribution in [0.1, 0.15) is 27.2 Å². The lowest BCUT2D eigenvalue weighted by atomic mass is 9.67. The molecule has 0 radical (unpaired) electrons. The third kappa shape index (κ3) is 5.58. The van der Waals surface area contributed by atoms with Crippen LogP contribution in [0.15, 0.2) is 0 Å². The van der Waals surface area contributed by atoms with Crippen molar-refractivity contribution >= 4 is 18.0 Å². The summed E-state index contributed by atoms with van der Waals surface area (Å²) in [5.74, 6) is -2.43. The van der Waals surface area contributed by atoms with E-state index >= 15 is 0 Å². The van der Waals surface area contributed by atoms with Gasteiger partial charge in [-0.1, -0.05) is 0 Å². The molecule has 2 heterocycles. The third-order valence-corrected chi connectivity index (χ3v) is 3.30. The fourth-order valence-electron chi connectivity index (χ4n) is 2.43. The van der Waals surface area contributed by atoms with Gasteiger partial charge in [0.15, 0.2) is 0 Å². The molecule has 3 atom stereocenters. The average Bonchev–Trinajstić information content (AvgIpc) is 2.35. The van der Waals surface area contributed by atoms with Crippen molar-refractivity contribution in [3.63, 3.8) is 0 Å². The molecule has 3 rings (SSSR count). The van der Waals surface area contributed by atoms with Crippen molar-refractivity contribution in [3.8, 4) is 0 Å². The van der Waals surface area contributed by atoms with Gasteiger partial charge in [0, 0.05) is 6.04 Å². The fourth-order valence-corrected chi connectivity index (χ4v) is 2.43. The zero-order valence-electron chi connectivity index (χ0n) is 12.4. The van der Waals surface area contributed by atoms with E-state index in [-0.39, 0.29) is 6.09 Å². The maximum Gasteiger partial charge on any atom is 0.414 e. The fraction of sp³-hybridized carbons (Fsp3) is 0.769. The van der Waals surface area contributed by atoms with Gasteiger partial charge < -0.3 is 25.6 Å². The number of hydrogen-bond acceptors (Lipinski definition) is 5. The first-order valence-corrected chi connectivity index (χ1v) is 6.76. The number of carbonyl (C=O) groups excluding carboxylic acids is 1. The number of alkyl carbamates (subject to hydrolysis) is 1. The number of ether oxygens (including phenoxy) is 1. The van der Waals surface area contributed by atoms with Crippen LogP contribution in [0, 0.1) is 11.8 Å². The highest BCUT2D eigenvalue weighted by Gasteiger charge is 2.44. The highest BCUT2D eigenvalue weighted by Crippen LogP contribution is 2.36. The van der Waals surface area contributed by atoms with Gasteiger partial charge in [-0.2, -0.15) is 0 Å². The van der Waals surface area contributed by atoms with Gasteiger partial charge in [-0.25, -0.2) is 14.4 Å². The first-order chi connectivity index (χ1) is 9.60. The minimum Gasteiger partial charge on any atom is -0.473 e. The van der Waals surface area contributed by atoms with E-state index < -0.39 is 17.5 Å². The SMILES string of the molecule is CC(C)(C)OC(=O)NC1[C@@H]2CNC[C@H]1C2.O=C(O)C(=O)O. The van der Waals surface area contributed by atoms with Crippen molar-refractivity contribution in [3.05, 3.63) is 0 Å². The first-order valence-electron chi connectivity index (χ1n) is 6.76. The Labute approximate surface area is 122 Å². The van der Waals surface area contributed by atoms with Gasteiger partial charge in [0.05, 0.1) is 0 Å². The second kappa shape index (κ2) is 6.75. The normalized spacial score (nSPS) is 26.5. The van der Waals surface area contributed by atoms with Crippen molar-refractivity contribution in [2.75, 3.05) is 13.1 Å². The number of amides is 1. The summed E-state index contributed by atoms with van der Waals surface area (Å²) in [4.78, 5) is 29.7. The molecule has 2 bridgehead atoms. The van der Waals surface area contributed by atoms with Gasteiger partial charge in [0.2, 0.25) is 0 Å². The molecule has 2 aliphatic heterocycles. The van der Waals surface area contributed by atoms with E-state index in [2.05, 4.69) is 10.6 Å². The average molecular weight is 302 g/mol. The Kier molecular flexibility index (Phi) is 5.54. The molecule has 8 nitrogen and oxygen atoms in total. The van der Waals surface area contributed by atoms with Crippen LogP contribution in [-0.2, 0) is 14.3 Å². The predicted octanol–water partition coefficient (Wildman–Crippen LogP) is 0.275. The number of aliphatic carboxylic acids is 2. The molecule has 21 heavy (non-hydrogen) atoms. The van der Waals surface area contributed by atoms with Gasteiger partial charge in [-0.3, -0.25) is 0 Å². The number of nitrogens with one attached hydrogen (secondary N) is 2. The van der Waals surface area contributed by atoms with E-state index in [4.69, 9.17) is 24.5 Å². The summed E-state index contributed by atoms with van der Waals surface area (Å²) < 4.78 is 5.24. The second-order valence-corrected chi connectivity index (χ2v) is 6.20. The smallest absolute Gasteiger partial charge is 0.414 e. The Hall–Kier alpha value is -1.83. The molecule has 120 valence electrons. The molecule has 1 unspecified atom stereocenters. The molecule has 0 aromatic heterocycles. The van der Waals surface area contributed by atoms with Crippen LogP contribution in [0.3, 0.4) is 0 Å². The van der Waals surface area contributed by atoms with Gasteiger partial charge in [0.25, 0.3) is 0 Å². The van der Waals surface area contributed by atoms with Crippen LogP contribution in [0.25, 0.3) is 0 Å². The number of carbonyl (C=O) groups is 3. The van der Waals surface area contributed by atoms with Gasteiger partial charge >= 0.3 is 18.0 Å². The Balaban J connectivity index is 0.000000315. The summed E-state index contributed by atoms with van der Waals surface area (Å²) in [6, 6.07) is 0.334. The van der Waals surface area contributed by atoms with Crippen molar-refractivity contribution < 1.29 is 29.3 Å². The van der Waals surface area contributed by atoms with Crippen molar-refractivity contribution in [1.82, 2.24) is 10.6 Å². The van der Waals surface area contributed by atoms with E-state index in [0.717, 1.165) is 13.1 Å². The van der Waals surface area contributed by atoms with Gasteiger partial charge in [-0.15, -0.1) is 0 Å². The number of rotatable bonds is 1. The summed E-state index contributed by atoms with van der Waals surface area (Å²) in [6.45, 7) is 7.70. The van der Waals surface area contributed by atoms with Crippen LogP contribution in [0.2, 0.25) is 0 Å². The molecule has 2 saturated heterocycles. The van der Waals surface area contributed by atoms with Crippen LogP contribution >= 0.6 is 0 Å². The quantitative estimate of drug-likeness (QED) is 0.512. The second-order valence-electron chi connectivity index (χ2n) is 6.20. The summed E-state index contributed by atoms with van der Waals surface area (Å²) in [7, 11) is 0. The molecule has 4 N–H and O–H groups in total. The van der Waals surface area contributed by atoms with Crippen molar-refractivity contribution in [2.45, 2.75) is 38.8 Å². The molecule has 1 aliphatic carbocycles. The molecule has 8 heteroatoms. The maximum atomic E-state index is 11.5. The molecular formula is C13H22N2O6. The van der Waals surface area contributed by atoms with E-state index in [1.54, 1.807) is 0 Å². The van der Waals surface area contributed by atoms with Crippen LogP contribution in [0.4, 0.5) is 4.79 Å². The molecule has 3 fully saturated rings. The molecule has 0 aromatic rings. The lowest BCUT2D eigenvalue weighted by Gasteiger charge is -2.49. The standard InChI is InChI=1S/C11H20N2O2.C2H2O4/c1-11(2,3)15-10(14)13-9-7-4-8(9)6-12-5-7;3-1(4)2(5)6/h7-9,12H,4-6H2,1-3H3,(H,13,14);(H,3,4)(H,5,6)/t7-,8+,9?;. The minimum absolute atomic E-state index is 0.274. The van der Waals surface area contributed by atoms with E-state index in [1.807, 2.05) is 20.8 Å². The van der Waals surface area contributed by atoms with Crippen LogP contribution < -0.4 is 10.6 Å². The van der Waals surface area contributed by atoms with Crippen LogP contribution in [-0.4, -0.2) is 53.0 Å². The molecule has 0 aromatic carbocycles. The van der Waals surface area contributed by atoms with Gasteiger partial charge in [-0.05, 0) is 52.1 Å².